The van der Waals surface area contributed by atoms with Crippen LogP contribution in [0.25, 0.3) is 0 Å². The van der Waals surface area contributed by atoms with E-state index in [1.165, 1.54) is 0 Å². The molecule has 0 heterocycles. The predicted molar refractivity (Wildman–Crippen MR) is 83.5 cm³/mol. The fraction of sp³-hybridized carbons (Fsp3) is 0.571. The van der Waals surface area contributed by atoms with Crippen LogP contribution in [-0.2, 0) is 5.75 Å². The van der Waals surface area contributed by atoms with Gasteiger partial charge in [-0.25, -0.2) is 0 Å². The first-order valence-electron chi connectivity index (χ1n) is 6.18. The standard InChI is InChI=1S/C14H24O2SSi/c1-14(2,3)18(5,6)16-13-9-11(10-17)7-8-12(13)15-4/h7-9,17H,10H2,1-6H3. The zero-order valence-electron chi connectivity index (χ0n) is 12.2. The van der Waals surface area contributed by atoms with Crippen LogP contribution in [0.2, 0.25) is 18.1 Å². The topological polar surface area (TPSA) is 18.5 Å². The van der Waals surface area contributed by atoms with Gasteiger partial charge in [0.25, 0.3) is 8.32 Å². The van der Waals surface area contributed by atoms with E-state index in [-0.39, 0.29) is 5.04 Å². The maximum Gasteiger partial charge on any atom is 0.250 e. The van der Waals surface area contributed by atoms with Crippen molar-refractivity contribution in [3.05, 3.63) is 23.8 Å². The Morgan fingerprint density at radius 2 is 1.78 bits per heavy atom. The summed E-state index contributed by atoms with van der Waals surface area (Å²) in [6.07, 6.45) is 0. The number of methoxy groups -OCH3 is 1. The number of ether oxygens (including phenoxy) is 1. The Labute approximate surface area is 117 Å². The third-order valence-electron chi connectivity index (χ3n) is 3.58. The zero-order chi connectivity index (χ0) is 14.0. The van der Waals surface area contributed by atoms with Crippen LogP contribution in [0.5, 0.6) is 11.5 Å². The van der Waals surface area contributed by atoms with Crippen LogP contribution in [0, 0.1) is 0 Å². The first-order chi connectivity index (χ1) is 8.21. The van der Waals surface area contributed by atoms with Crippen LogP contribution < -0.4 is 9.16 Å². The van der Waals surface area contributed by atoms with E-state index in [1.54, 1.807) is 7.11 Å². The molecule has 0 spiro atoms. The molecular weight excluding hydrogens is 260 g/mol. The van der Waals surface area contributed by atoms with Crippen molar-refractivity contribution >= 4 is 20.9 Å². The number of benzene rings is 1. The maximum atomic E-state index is 6.31. The largest absolute Gasteiger partial charge is 0.541 e. The maximum absolute atomic E-state index is 6.31. The molecule has 0 bridgehead atoms. The number of hydrogen-bond acceptors (Lipinski definition) is 3. The quantitative estimate of drug-likeness (QED) is 0.648. The molecule has 0 aliphatic carbocycles. The second-order valence-electron chi connectivity index (χ2n) is 6.01. The molecule has 0 aliphatic rings. The number of thiol groups is 1. The highest BCUT2D eigenvalue weighted by molar-refractivity contribution is 7.79. The molecule has 102 valence electrons. The van der Waals surface area contributed by atoms with Crippen molar-refractivity contribution < 1.29 is 9.16 Å². The van der Waals surface area contributed by atoms with E-state index in [0.29, 0.717) is 5.75 Å². The number of rotatable bonds is 4. The normalized spacial score (nSPS) is 12.4. The lowest BCUT2D eigenvalue weighted by atomic mass is 10.2. The summed E-state index contributed by atoms with van der Waals surface area (Å²) < 4.78 is 11.7. The molecule has 0 N–H and O–H groups in total. The van der Waals surface area contributed by atoms with E-state index in [2.05, 4.69) is 46.5 Å². The molecule has 0 radical (unpaired) electrons. The lowest BCUT2D eigenvalue weighted by molar-refractivity contribution is 0.385. The van der Waals surface area contributed by atoms with Crippen LogP contribution in [0.4, 0.5) is 0 Å². The molecule has 0 unspecified atom stereocenters. The highest BCUT2D eigenvalue weighted by atomic mass is 32.1. The van der Waals surface area contributed by atoms with Gasteiger partial charge in [0.2, 0.25) is 0 Å². The van der Waals surface area contributed by atoms with E-state index in [4.69, 9.17) is 9.16 Å². The lowest BCUT2D eigenvalue weighted by Crippen LogP contribution is -2.43. The van der Waals surface area contributed by atoms with Gasteiger partial charge in [0.1, 0.15) is 5.75 Å². The fourth-order valence-electron chi connectivity index (χ4n) is 1.33. The van der Waals surface area contributed by atoms with Gasteiger partial charge in [-0.1, -0.05) is 26.8 Å². The Morgan fingerprint density at radius 1 is 1.17 bits per heavy atom. The van der Waals surface area contributed by atoms with Crippen molar-refractivity contribution in [1.29, 1.82) is 0 Å². The van der Waals surface area contributed by atoms with E-state index >= 15 is 0 Å². The summed E-state index contributed by atoms with van der Waals surface area (Å²) >= 11 is 4.30. The van der Waals surface area contributed by atoms with Gasteiger partial charge in [0, 0.05) is 5.75 Å². The first kappa shape index (κ1) is 15.4. The van der Waals surface area contributed by atoms with Crippen LogP contribution in [0.3, 0.4) is 0 Å². The molecule has 0 aromatic heterocycles. The van der Waals surface area contributed by atoms with Crippen LogP contribution >= 0.6 is 12.6 Å². The minimum absolute atomic E-state index is 0.176. The molecule has 2 nitrogen and oxygen atoms in total. The SMILES string of the molecule is COc1ccc(CS)cc1O[Si](C)(C)C(C)(C)C. The summed E-state index contributed by atoms with van der Waals surface area (Å²) in [4.78, 5) is 0. The Balaban J connectivity index is 3.09. The monoisotopic (exact) mass is 284 g/mol. The first-order valence-corrected chi connectivity index (χ1v) is 9.72. The summed E-state index contributed by atoms with van der Waals surface area (Å²) in [5.74, 6) is 2.35. The fourth-order valence-corrected chi connectivity index (χ4v) is 2.54. The molecule has 0 saturated heterocycles. The van der Waals surface area contributed by atoms with Gasteiger partial charge in [-0.15, -0.1) is 0 Å². The molecule has 0 aliphatic heterocycles. The Hall–Kier alpha value is -0.613. The van der Waals surface area contributed by atoms with Crippen molar-refractivity contribution in [3.8, 4) is 11.5 Å². The summed E-state index contributed by atoms with van der Waals surface area (Å²) in [5, 5.41) is 0.176. The van der Waals surface area contributed by atoms with E-state index in [1.807, 2.05) is 18.2 Å². The molecule has 0 amide bonds. The van der Waals surface area contributed by atoms with E-state index < -0.39 is 8.32 Å². The van der Waals surface area contributed by atoms with Gasteiger partial charge in [-0.2, -0.15) is 12.6 Å². The Bertz CT molecular complexity index is 411. The Kier molecular flexibility index (Phi) is 4.78. The van der Waals surface area contributed by atoms with E-state index in [0.717, 1.165) is 17.1 Å². The molecule has 0 atom stereocenters. The molecule has 4 heteroatoms. The zero-order valence-corrected chi connectivity index (χ0v) is 14.1. The predicted octanol–water partition coefficient (Wildman–Crippen LogP) is 4.51. The van der Waals surface area contributed by atoms with Crippen molar-refractivity contribution in [2.45, 2.75) is 44.7 Å². The molecule has 1 aromatic rings. The highest BCUT2D eigenvalue weighted by Gasteiger charge is 2.39. The minimum atomic E-state index is -1.83. The van der Waals surface area contributed by atoms with Gasteiger partial charge < -0.3 is 9.16 Å². The van der Waals surface area contributed by atoms with Gasteiger partial charge in [0.05, 0.1) is 7.11 Å². The van der Waals surface area contributed by atoms with Gasteiger partial charge in [-0.3, -0.25) is 0 Å². The van der Waals surface area contributed by atoms with Crippen LogP contribution in [-0.4, -0.2) is 15.4 Å². The minimum Gasteiger partial charge on any atom is -0.541 e. The summed E-state index contributed by atoms with van der Waals surface area (Å²) in [5.41, 5.74) is 1.15. The van der Waals surface area contributed by atoms with Crippen molar-refractivity contribution in [2.24, 2.45) is 0 Å². The third-order valence-corrected chi connectivity index (χ3v) is 8.29. The van der Waals surface area contributed by atoms with Crippen LogP contribution in [0.1, 0.15) is 26.3 Å². The van der Waals surface area contributed by atoms with E-state index in [9.17, 15) is 0 Å². The summed E-state index contributed by atoms with van der Waals surface area (Å²) in [6.45, 7) is 11.2. The number of hydrogen-bond donors (Lipinski definition) is 1. The average Bonchev–Trinajstić information content (AvgIpc) is 2.26. The van der Waals surface area contributed by atoms with Crippen molar-refractivity contribution in [3.63, 3.8) is 0 Å². The second-order valence-corrected chi connectivity index (χ2v) is 11.0. The lowest BCUT2D eigenvalue weighted by Gasteiger charge is -2.36. The van der Waals surface area contributed by atoms with Crippen LogP contribution in [0.15, 0.2) is 18.2 Å². The summed E-state index contributed by atoms with van der Waals surface area (Å²) in [7, 11) is -0.159. The van der Waals surface area contributed by atoms with Gasteiger partial charge in [-0.05, 0) is 35.8 Å². The highest BCUT2D eigenvalue weighted by Crippen LogP contribution is 2.40. The molecule has 0 fully saturated rings. The average molecular weight is 284 g/mol. The molecule has 1 rings (SSSR count). The summed E-state index contributed by atoms with van der Waals surface area (Å²) in [6, 6.07) is 6.00. The van der Waals surface area contributed by atoms with Crippen molar-refractivity contribution in [1.82, 2.24) is 0 Å². The van der Waals surface area contributed by atoms with Gasteiger partial charge in [0.15, 0.2) is 5.75 Å². The smallest absolute Gasteiger partial charge is 0.250 e. The molecule has 1 aromatic carbocycles. The molecule has 0 saturated carbocycles. The molecule has 18 heavy (non-hydrogen) atoms. The third kappa shape index (κ3) is 3.45. The second kappa shape index (κ2) is 5.57. The Morgan fingerprint density at radius 3 is 2.22 bits per heavy atom. The van der Waals surface area contributed by atoms with Gasteiger partial charge >= 0.3 is 0 Å². The molecular formula is C14H24O2SSi. The van der Waals surface area contributed by atoms with Crippen molar-refractivity contribution in [2.75, 3.05) is 7.11 Å².